The van der Waals surface area contributed by atoms with Crippen LogP contribution in [0.3, 0.4) is 0 Å². The van der Waals surface area contributed by atoms with Gasteiger partial charge in [-0.3, -0.25) is 0 Å². The number of thiophene rings is 1. The Kier molecular flexibility index (Phi) is 3.50. The van der Waals surface area contributed by atoms with Gasteiger partial charge in [0.05, 0.1) is 0 Å². The van der Waals surface area contributed by atoms with Gasteiger partial charge in [0.25, 0.3) is 10.0 Å². The van der Waals surface area contributed by atoms with Crippen molar-refractivity contribution < 1.29 is 18.3 Å². The first-order valence-corrected chi connectivity index (χ1v) is 7.58. The maximum Gasteiger partial charge on any atom is 0.252 e. The highest BCUT2D eigenvalue weighted by molar-refractivity contribution is 7.91. The van der Waals surface area contributed by atoms with E-state index in [1.165, 1.54) is 10.4 Å². The zero-order valence-electron chi connectivity index (χ0n) is 9.03. The van der Waals surface area contributed by atoms with Gasteiger partial charge in [0, 0.05) is 25.0 Å². The van der Waals surface area contributed by atoms with Crippen LogP contribution in [0.5, 0.6) is 0 Å². The van der Waals surface area contributed by atoms with Gasteiger partial charge in [0.2, 0.25) is 0 Å². The van der Waals surface area contributed by atoms with Gasteiger partial charge in [0.1, 0.15) is 4.21 Å². The fourth-order valence-electron chi connectivity index (χ4n) is 1.89. The molecule has 0 spiro atoms. The van der Waals surface area contributed by atoms with Crippen molar-refractivity contribution in [3.05, 3.63) is 17.5 Å². The second kappa shape index (κ2) is 4.75. The molecule has 2 heterocycles. The van der Waals surface area contributed by atoms with E-state index < -0.39 is 21.9 Å². The number of rotatable bonds is 3. The lowest BCUT2D eigenvalue weighted by Crippen LogP contribution is -2.45. The minimum absolute atomic E-state index is 0.0164. The number of hydrogen-bond acceptors (Lipinski definition) is 5. The molecule has 1 aromatic heterocycles. The van der Waals surface area contributed by atoms with Crippen molar-refractivity contribution >= 4 is 27.3 Å². The average molecular weight is 274 g/mol. The van der Waals surface area contributed by atoms with Crippen molar-refractivity contribution in [3.63, 3.8) is 0 Å². The molecule has 94 valence electrons. The third-order valence-electron chi connectivity index (χ3n) is 2.81. The van der Waals surface area contributed by atoms with Crippen LogP contribution in [-0.2, 0) is 14.8 Å². The Balaban J connectivity index is 2.20. The highest BCUT2D eigenvalue weighted by atomic mass is 32.2. The minimum atomic E-state index is -3.52. The predicted molar refractivity (Wildman–Crippen MR) is 60.8 cm³/mol. The number of aliphatic carboxylic acids is 1. The predicted octanol–water partition coefficient (Wildman–Crippen LogP) is -0.101. The van der Waals surface area contributed by atoms with E-state index >= 15 is 0 Å². The number of nitrogens with zero attached hydrogens (tertiary/aromatic N) is 1. The van der Waals surface area contributed by atoms with Gasteiger partial charge in [-0.25, -0.2) is 8.42 Å². The number of hydrogen-bond donors (Lipinski definition) is 0. The van der Waals surface area contributed by atoms with E-state index in [4.69, 9.17) is 0 Å². The van der Waals surface area contributed by atoms with Crippen molar-refractivity contribution in [2.24, 2.45) is 5.92 Å². The summed E-state index contributed by atoms with van der Waals surface area (Å²) in [5, 5.41) is 12.5. The molecule has 0 aromatic carbocycles. The smallest absolute Gasteiger partial charge is 0.252 e. The molecule has 1 aliphatic rings. The molecule has 1 atom stereocenters. The molecule has 0 N–H and O–H groups in total. The summed E-state index contributed by atoms with van der Waals surface area (Å²) in [7, 11) is -3.52. The average Bonchev–Trinajstić information content (AvgIpc) is 2.83. The van der Waals surface area contributed by atoms with Gasteiger partial charge in [-0.15, -0.1) is 11.3 Å². The Labute approximate surface area is 104 Å². The monoisotopic (exact) mass is 274 g/mol. The van der Waals surface area contributed by atoms with Gasteiger partial charge in [0.15, 0.2) is 0 Å². The second-order valence-electron chi connectivity index (χ2n) is 3.95. The van der Waals surface area contributed by atoms with Crippen LogP contribution in [0.4, 0.5) is 0 Å². The molecule has 17 heavy (non-hydrogen) atoms. The molecular formula is C10H12NO4S2-. The molecule has 1 aromatic rings. The van der Waals surface area contributed by atoms with Crippen LogP contribution in [0.25, 0.3) is 0 Å². The Morgan fingerprint density at radius 2 is 2.29 bits per heavy atom. The second-order valence-corrected chi connectivity index (χ2v) is 7.07. The lowest BCUT2D eigenvalue weighted by molar-refractivity contribution is -0.312. The first kappa shape index (κ1) is 12.5. The largest absolute Gasteiger partial charge is 0.550 e. The number of carboxylic acids is 1. The molecule has 0 saturated carbocycles. The number of carbonyl (C=O) groups is 1. The van der Waals surface area contributed by atoms with Gasteiger partial charge in [-0.05, 0) is 24.3 Å². The molecule has 1 saturated heterocycles. The summed E-state index contributed by atoms with van der Waals surface area (Å²) >= 11 is 1.14. The van der Waals surface area contributed by atoms with E-state index in [9.17, 15) is 18.3 Å². The summed E-state index contributed by atoms with van der Waals surface area (Å²) in [5.41, 5.74) is 0. The number of carbonyl (C=O) groups excluding carboxylic acids is 1. The van der Waals surface area contributed by atoms with Crippen molar-refractivity contribution in [1.82, 2.24) is 4.31 Å². The van der Waals surface area contributed by atoms with Crippen LogP contribution in [0.15, 0.2) is 21.7 Å². The Morgan fingerprint density at radius 3 is 2.88 bits per heavy atom. The topological polar surface area (TPSA) is 77.5 Å². The Morgan fingerprint density at radius 1 is 1.53 bits per heavy atom. The maximum absolute atomic E-state index is 12.1. The molecule has 0 aliphatic carbocycles. The zero-order chi connectivity index (χ0) is 12.5. The van der Waals surface area contributed by atoms with Gasteiger partial charge >= 0.3 is 0 Å². The third kappa shape index (κ3) is 2.51. The number of piperidine rings is 1. The molecule has 0 radical (unpaired) electrons. The van der Waals surface area contributed by atoms with Crippen LogP contribution >= 0.6 is 11.3 Å². The van der Waals surface area contributed by atoms with Gasteiger partial charge in [-0.1, -0.05) is 6.07 Å². The first-order chi connectivity index (χ1) is 8.01. The SMILES string of the molecule is O=C([O-])[C@@H]1CCCN(S(=O)(=O)c2cccs2)C1. The van der Waals surface area contributed by atoms with Crippen molar-refractivity contribution in [2.75, 3.05) is 13.1 Å². The fourth-order valence-corrected chi connectivity index (χ4v) is 4.56. The summed E-state index contributed by atoms with van der Waals surface area (Å²) in [6, 6.07) is 3.19. The number of sulfonamides is 1. The number of carboxylic acid groups (broad SMARTS) is 1. The van der Waals surface area contributed by atoms with E-state index in [1.807, 2.05) is 0 Å². The molecule has 7 heteroatoms. The van der Waals surface area contributed by atoms with Crippen LogP contribution in [0, 0.1) is 5.92 Å². The van der Waals surface area contributed by atoms with E-state index in [2.05, 4.69) is 0 Å². The molecule has 1 fully saturated rings. The molecule has 2 rings (SSSR count). The molecule has 0 amide bonds. The van der Waals surface area contributed by atoms with Crippen LogP contribution in [-0.4, -0.2) is 31.8 Å². The molecule has 0 bridgehead atoms. The van der Waals surface area contributed by atoms with Crippen LogP contribution < -0.4 is 5.11 Å². The summed E-state index contributed by atoms with van der Waals surface area (Å²) in [5.74, 6) is -1.87. The molecule has 5 nitrogen and oxygen atoms in total. The van der Waals surface area contributed by atoms with Crippen LogP contribution in [0.2, 0.25) is 0 Å². The highest BCUT2D eigenvalue weighted by Gasteiger charge is 2.31. The van der Waals surface area contributed by atoms with E-state index in [0.29, 0.717) is 19.4 Å². The van der Waals surface area contributed by atoms with E-state index in [-0.39, 0.29) is 10.8 Å². The normalized spacial score (nSPS) is 22.5. The Hall–Kier alpha value is -0.920. The van der Waals surface area contributed by atoms with E-state index in [0.717, 1.165) is 11.3 Å². The summed E-state index contributed by atoms with van der Waals surface area (Å²) in [6.45, 7) is 0.395. The van der Waals surface area contributed by atoms with Crippen molar-refractivity contribution in [2.45, 2.75) is 17.1 Å². The summed E-state index contributed by atoms with van der Waals surface area (Å²) in [6.07, 6.45) is 1.04. The lowest BCUT2D eigenvalue weighted by atomic mass is 10.0. The summed E-state index contributed by atoms with van der Waals surface area (Å²) < 4.78 is 25.8. The Bertz CT molecular complexity index is 494. The molecular weight excluding hydrogens is 262 g/mol. The third-order valence-corrected chi connectivity index (χ3v) is 6.04. The first-order valence-electron chi connectivity index (χ1n) is 5.26. The minimum Gasteiger partial charge on any atom is -0.550 e. The summed E-state index contributed by atoms with van der Waals surface area (Å²) in [4.78, 5) is 10.8. The zero-order valence-corrected chi connectivity index (χ0v) is 10.7. The van der Waals surface area contributed by atoms with E-state index in [1.54, 1.807) is 11.4 Å². The quantitative estimate of drug-likeness (QED) is 0.771. The van der Waals surface area contributed by atoms with Gasteiger partial charge < -0.3 is 9.90 Å². The van der Waals surface area contributed by atoms with Crippen LogP contribution in [0.1, 0.15) is 12.8 Å². The highest BCUT2D eigenvalue weighted by Crippen LogP contribution is 2.25. The van der Waals surface area contributed by atoms with Crippen molar-refractivity contribution in [3.8, 4) is 0 Å². The standard InChI is InChI=1S/C10H13NO4S2/c12-10(13)8-3-1-5-11(7-8)17(14,15)9-4-2-6-16-9/h2,4,6,8H,1,3,5,7H2,(H,12,13)/p-1/t8-/m1/s1. The fraction of sp³-hybridized carbons (Fsp3) is 0.500. The lowest BCUT2D eigenvalue weighted by Gasteiger charge is -2.31. The molecule has 0 unspecified atom stereocenters. The maximum atomic E-state index is 12.1. The van der Waals surface area contributed by atoms with Gasteiger partial charge in [-0.2, -0.15) is 4.31 Å². The van der Waals surface area contributed by atoms with Crippen molar-refractivity contribution in [1.29, 1.82) is 0 Å². The molecule has 1 aliphatic heterocycles.